The molecule has 15 heteroatoms. The summed E-state index contributed by atoms with van der Waals surface area (Å²) < 4.78 is 70.1. The third-order valence-corrected chi connectivity index (χ3v) is 9.33. The summed E-state index contributed by atoms with van der Waals surface area (Å²) >= 11 is 0. The Labute approximate surface area is 282 Å². The van der Waals surface area contributed by atoms with Gasteiger partial charge in [-0.2, -0.15) is 8.42 Å². The van der Waals surface area contributed by atoms with Crippen LogP contribution in [-0.4, -0.2) is 78.6 Å². The van der Waals surface area contributed by atoms with Gasteiger partial charge in [-0.05, 0) is 68.0 Å². The van der Waals surface area contributed by atoms with Crippen LogP contribution >= 0.6 is 0 Å². The van der Waals surface area contributed by atoms with E-state index >= 15 is 0 Å². The number of nitrogens with two attached hydrogens (primary N) is 1. The Morgan fingerprint density at radius 1 is 0.918 bits per heavy atom. The van der Waals surface area contributed by atoms with E-state index in [0.29, 0.717) is 43.1 Å². The molecule has 0 radical (unpaired) electrons. The van der Waals surface area contributed by atoms with Crippen LogP contribution in [0.3, 0.4) is 0 Å². The van der Waals surface area contributed by atoms with Crippen molar-refractivity contribution in [2.75, 3.05) is 26.2 Å². The van der Waals surface area contributed by atoms with Crippen molar-refractivity contribution in [2.45, 2.75) is 50.0 Å². The van der Waals surface area contributed by atoms with Gasteiger partial charge < -0.3 is 16.0 Å². The van der Waals surface area contributed by atoms with Crippen molar-refractivity contribution in [1.82, 2.24) is 15.1 Å². The van der Waals surface area contributed by atoms with Gasteiger partial charge in [0.1, 0.15) is 5.82 Å². The zero-order valence-electron chi connectivity index (χ0n) is 26.7. The molecule has 0 unspecified atom stereocenters. The quantitative estimate of drug-likeness (QED) is 0.164. The van der Waals surface area contributed by atoms with Gasteiger partial charge in [-0.15, -0.1) is 0 Å². The van der Waals surface area contributed by atoms with Crippen molar-refractivity contribution in [1.29, 1.82) is 0 Å². The van der Waals surface area contributed by atoms with Crippen molar-refractivity contribution >= 4 is 33.7 Å². The van der Waals surface area contributed by atoms with Crippen LogP contribution in [-0.2, 0) is 26.1 Å². The highest BCUT2D eigenvalue weighted by Gasteiger charge is 2.35. The second kappa shape index (κ2) is 16.2. The summed E-state index contributed by atoms with van der Waals surface area (Å²) in [6, 6.07) is 13.4. The van der Waals surface area contributed by atoms with Crippen LogP contribution < -0.4 is 11.1 Å². The van der Waals surface area contributed by atoms with Crippen molar-refractivity contribution in [2.24, 2.45) is 11.7 Å². The van der Waals surface area contributed by atoms with E-state index in [9.17, 15) is 40.8 Å². The number of hydrogen-bond acceptors (Lipinski definition) is 7. The van der Waals surface area contributed by atoms with E-state index in [1.165, 1.54) is 12.1 Å². The zero-order chi connectivity index (χ0) is 35.9. The Bertz CT molecular complexity index is 1780. The number of aryl methyl sites for hydroxylation is 1. The van der Waals surface area contributed by atoms with Gasteiger partial charge in [0.2, 0.25) is 11.8 Å². The first kappa shape index (κ1) is 37.2. The summed E-state index contributed by atoms with van der Waals surface area (Å²) in [5, 5.41) is 2.65. The molecule has 1 atom stereocenters. The van der Waals surface area contributed by atoms with Crippen LogP contribution in [0, 0.1) is 30.3 Å². The Morgan fingerprint density at radius 2 is 1.49 bits per heavy atom. The van der Waals surface area contributed by atoms with Crippen LogP contribution in [0.1, 0.15) is 57.5 Å². The molecular formula is C34H37F3N4O7S. The van der Waals surface area contributed by atoms with E-state index in [4.69, 9.17) is 10.3 Å². The maximum absolute atomic E-state index is 13.9. The molecule has 11 nitrogen and oxygen atoms in total. The Morgan fingerprint density at radius 3 is 2.06 bits per heavy atom. The number of imide groups is 1. The fraction of sp³-hybridized carbons (Fsp3) is 0.353. The molecule has 2 aliphatic heterocycles. The number of nitrogens with one attached hydrogen (secondary N) is 1. The number of fused-ring (bicyclic) bond motifs is 1. The van der Waals surface area contributed by atoms with Crippen LogP contribution in [0.5, 0.6) is 0 Å². The van der Waals surface area contributed by atoms with E-state index in [1.807, 2.05) is 6.92 Å². The summed E-state index contributed by atoms with van der Waals surface area (Å²) in [5.41, 5.74) is 7.83. The molecule has 3 aromatic rings. The number of nitrogens with zero attached hydrogens (tertiary/aromatic N) is 2. The molecule has 1 fully saturated rings. The van der Waals surface area contributed by atoms with Gasteiger partial charge in [0.25, 0.3) is 21.9 Å². The lowest BCUT2D eigenvalue weighted by atomic mass is 9.86. The number of hydrogen-bond donors (Lipinski definition) is 3. The molecule has 3 aromatic carbocycles. The lowest BCUT2D eigenvalue weighted by Crippen LogP contribution is -2.45. The number of halogens is 3. The molecule has 49 heavy (non-hydrogen) atoms. The molecule has 0 aliphatic carbocycles. The molecule has 2 aliphatic rings. The molecule has 1 saturated heterocycles. The summed E-state index contributed by atoms with van der Waals surface area (Å²) in [5.74, 6) is -4.56. The van der Waals surface area contributed by atoms with E-state index in [1.54, 1.807) is 41.3 Å². The molecule has 5 rings (SSSR count). The molecule has 2 heterocycles. The highest BCUT2D eigenvalue weighted by Crippen LogP contribution is 2.25. The normalized spacial score (nSPS) is 15.4. The van der Waals surface area contributed by atoms with E-state index in [-0.39, 0.29) is 60.5 Å². The highest BCUT2D eigenvalue weighted by atomic mass is 32.2. The van der Waals surface area contributed by atoms with Crippen molar-refractivity contribution < 1.29 is 45.3 Å². The minimum atomic E-state index is -4.02. The number of amides is 4. The highest BCUT2D eigenvalue weighted by molar-refractivity contribution is 7.85. The van der Waals surface area contributed by atoms with Gasteiger partial charge in [-0.1, -0.05) is 29.8 Å². The minimum absolute atomic E-state index is 0.00610. The predicted octanol–water partition coefficient (Wildman–Crippen LogP) is 3.65. The largest absolute Gasteiger partial charge is 0.356 e. The average Bonchev–Trinajstić information content (AvgIpc) is 3.31. The number of piperidine rings is 1. The topological polar surface area (TPSA) is 167 Å². The van der Waals surface area contributed by atoms with Gasteiger partial charge >= 0.3 is 0 Å². The number of rotatable bonds is 10. The summed E-state index contributed by atoms with van der Waals surface area (Å²) in [7, 11) is -4.02. The van der Waals surface area contributed by atoms with Gasteiger partial charge in [-0.3, -0.25) is 28.6 Å². The number of carbonyl (C=O) groups excluding carboxylic acids is 4. The summed E-state index contributed by atoms with van der Waals surface area (Å²) in [6.07, 6.45) is 1.26. The van der Waals surface area contributed by atoms with Gasteiger partial charge in [0.15, 0.2) is 11.6 Å². The third kappa shape index (κ3) is 9.74. The standard InChI is InChI=1S/C27H29F3N4O4.C7H8O3S/c28-20-15-22(30)21(29)13-17(20)14-23(31)16-6-10-33(11-7-16)25(36)5-9-32-24(35)8-12-34-26(37)18-3-1-2-4-19(18)27(34)38;1-6-2-4-7(5-3-6)11(8,9)10/h1-4,13,15-16,23H,5-12,14,31H2,(H,32,35);2-5H,1H3,(H,8,9,10)/t23-;/m1./s1. The smallest absolute Gasteiger partial charge is 0.294 e. The molecule has 0 bridgehead atoms. The minimum Gasteiger partial charge on any atom is -0.356 e. The van der Waals surface area contributed by atoms with Crippen molar-refractivity contribution in [3.8, 4) is 0 Å². The van der Waals surface area contributed by atoms with Crippen LogP contribution in [0.25, 0.3) is 0 Å². The fourth-order valence-electron chi connectivity index (χ4n) is 5.64. The van der Waals surface area contributed by atoms with Gasteiger partial charge in [0.05, 0.1) is 16.0 Å². The molecule has 0 spiro atoms. The maximum atomic E-state index is 13.9. The molecular weight excluding hydrogens is 665 g/mol. The molecule has 4 N–H and O–H groups in total. The average molecular weight is 703 g/mol. The lowest BCUT2D eigenvalue weighted by molar-refractivity contribution is -0.132. The van der Waals surface area contributed by atoms with E-state index in [0.717, 1.165) is 16.5 Å². The van der Waals surface area contributed by atoms with E-state index < -0.39 is 45.4 Å². The number of carbonyl (C=O) groups is 4. The molecule has 0 saturated carbocycles. The Kier molecular flexibility index (Phi) is 12.3. The van der Waals surface area contributed by atoms with Crippen LogP contribution in [0.15, 0.2) is 65.6 Å². The summed E-state index contributed by atoms with van der Waals surface area (Å²) in [4.78, 5) is 52.1. The lowest BCUT2D eigenvalue weighted by Gasteiger charge is -2.35. The molecule has 4 amide bonds. The van der Waals surface area contributed by atoms with Gasteiger partial charge in [0, 0.05) is 51.1 Å². The zero-order valence-corrected chi connectivity index (χ0v) is 27.5. The SMILES string of the molecule is Cc1ccc(S(=O)(=O)O)cc1.N[C@H](Cc1cc(F)c(F)cc1F)C1CCN(C(=O)CCNC(=O)CCN2C(=O)c3ccccc3C2=O)CC1. The van der Waals surface area contributed by atoms with E-state index in [2.05, 4.69) is 5.32 Å². The van der Waals surface area contributed by atoms with Crippen molar-refractivity contribution in [3.63, 3.8) is 0 Å². The first-order chi connectivity index (χ1) is 23.1. The second-order valence-electron chi connectivity index (χ2n) is 11.9. The number of likely N-dealkylation sites (tertiary alicyclic amines) is 1. The summed E-state index contributed by atoms with van der Waals surface area (Å²) in [6.45, 7) is 2.81. The third-order valence-electron chi connectivity index (χ3n) is 8.46. The van der Waals surface area contributed by atoms with Crippen molar-refractivity contribution in [3.05, 3.63) is 100 Å². The number of benzene rings is 3. The van der Waals surface area contributed by atoms with Crippen LogP contribution in [0.4, 0.5) is 13.2 Å². The first-order valence-electron chi connectivity index (χ1n) is 15.6. The maximum Gasteiger partial charge on any atom is 0.294 e. The monoisotopic (exact) mass is 702 g/mol. The molecule has 262 valence electrons. The van der Waals surface area contributed by atoms with Crippen LogP contribution in [0.2, 0.25) is 0 Å². The predicted molar refractivity (Wildman–Crippen MR) is 172 cm³/mol. The van der Waals surface area contributed by atoms with Gasteiger partial charge in [-0.25, -0.2) is 13.2 Å². The first-order valence-corrected chi connectivity index (χ1v) is 17.0. The Hall–Kier alpha value is -4.60. The Balaban J connectivity index is 0.000000418. The second-order valence-corrected chi connectivity index (χ2v) is 13.3. The fourth-order valence-corrected chi connectivity index (χ4v) is 6.12. The molecule has 0 aromatic heterocycles.